The zero-order chi connectivity index (χ0) is 18.7. The predicted octanol–water partition coefficient (Wildman–Crippen LogP) is 3.23. The van der Waals surface area contributed by atoms with Crippen LogP contribution in [0.3, 0.4) is 0 Å². The first-order chi connectivity index (χ1) is 12.5. The number of hydrogen-bond donors (Lipinski definition) is 1. The van der Waals surface area contributed by atoms with Gasteiger partial charge < -0.3 is 9.47 Å². The van der Waals surface area contributed by atoms with Gasteiger partial charge in [-0.2, -0.15) is 0 Å². The Hall–Kier alpha value is -2.78. The van der Waals surface area contributed by atoms with E-state index >= 15 is 0 Å². The average molecular weight is 392 g/mol. The van der Waals surface area contributed by atoms with E-state index in [4.69, 9.17) is 21.1 Å². The largest absolute Gasteiger partial charge is 0.494 e. The molecule has 1 N–H and O–H groups in total. The number of nitrogens with zero attached hydrogens (tertiary/aromatic N) is 4. The third-order valence-electron chi connectivity index (χ3n) is 3.48. The predicted molar refractivity (Wildman–Crippen MR) is 98.2 cm³/mol. The van der Waals surface area contributed by atoms with Gasteiger partial charge in [-0.3, -0.25) is 15.1 Å². The number of carbonyl (C=O) groups excluding carboxylic acids is 1. The summed E-state index contributed by atoms with van der Waals surface area (Å²) in [6, 6.07) is 3.30. The number of amides is 1. The second kappa shape index (κ2) is 7.63. The minimum absolute atomic E-state index is 0.301. The summed E-state index contributed by atoms with van der Waals surface area (Å²) in [6.07, 6.45) is 3.12. The summed E-state index contributed by atoms with van der Waals surface area (Å²) in [4.78, 5) is 21.0. The van der Waals surface area contributed by atoms with Crippen LogP contribution in [0.25, 0.3) is 11.3 Å². The third-order valence-corrected chi connectivity index (χ3v) is 4.49. The summed E-state index contributed by atoms with van der Waals surface area (Å²) >= 11 is 7.11. The van der Waals surface area contributed by atoms with Crippen molar-refractivity contribution in [3.63, 3.8) is 0 Å². The van der Waals surface area contributed by atoms with E-state index in [1.165, 1.54) is 20.4 Å². The summed E-state index contributed by atoms with van der Waals surface area (Å²) < 4.78 is 10.3. The molecule has 3 heterocycles. The minimum Gasteiger partial charge on any atom is -0.494 e. The van der Waals surface area contributed by atoms with Crippen molar-refractivity contribution in [3.05, 3.63) is 40.8 Å². The van der Waals surface area contributed by atoms with Gasteiger partial charge in [-0.1, -0.05) is 16.7 Å². The molecule has 1 amide bonds. The molecular weight excluding hydrogens is 378 g/mol. The van der Waals surface area contributed by atoms with Crippen molar-refractivity contribution in [1.82, 2.24) is 20.2 Å². The van der Waals surface area contributed by atoms with E-state index in [2.05, 4.69) is 25.5 Å². The van der Waals surface area contributed by atoms with Gasteiger partial charge in [0.2, 0.25) is 5.13 Å². The molecule has 0 bridgehead atoms. The fourth-order valence-electron chi connectivity index (χ4n) is 2.20. The zero-order valence-electron chi connectivity index (χ0n) is 14.1. The molecule has 0 spiro atoms. The van der Waals surface area contributed by atoms with Gasteiger partial charge in [0.25, 0.3) is 11.1 Å². The van der Waals surface area contributed by atoms with E-state index in [1.807, 2.05) is 0 Å². The molecule has 0 aromatic carbocycles. The molecule has 0 saturated carbocycles. The Morgan fingerprint density at radius 1 is 1.15 bits per heavy atom. The molecule has 0 atom stereocenters. The highest BCUT2D eigenvalue weighted by molar-refractivity contribution is 7.17. The Morgan fingerprint density at radius 2 is 1.96 bits per heavy atom. The first kappa shape index (κ1) is 18.0. The van der Waals surface area contributed by atoms with Crippen molar-refractivity contribution in [2.45, 2.75) is 6.92 Å². The van der Waals surface area contributed by atoms with Gasteiger partial charge in [-0.05, 0) is 36.0 Å². The first-order valence-electron chi connectivity index (χ1n) is 7.37. The molecule has 0 fully saturated rings. The van der Waals surface area contributed by atoms with E-state index in [1.54, 1.807) is 25.3 Å². The Balaban J connectivity index is 1.95. The molecule has 10 heteroatoms. The SMILES string of the molecule is COc1nnc(NC(=O)c2cc(-c3cc(Cl)ncc3OC)ncc2C)s1. The van der Waals surface area contributed by atoms with Gasteiger partial charge in [0.05, 0.1) is 26.1 Å². The van der Waals surface area contributed by atoms with Crippen LogP contribution in [0.4, 0.5) is 5.13 Å². The van der Waals surface area contributed by atoms with Crippen LogP contribution in [0.1, 0.15) is 15.9 Å². The van der Waals surface area contributed by atoms with Crippen molar-refractivity contribution in [2.24, 2.45) is 0 Å². The Labute approximate surface area is 158 Å². The van der Waals surface area contributed by atoms with Gasteiger partial charge in [-0.15, -0.1) is 5.10 Å². The molecule has 0 aliphatic rings. The Kier molecular flexibility index (Phi) is 5.29. The molecule has 3 aromatic rings. The van der Waals surface area contributed by atoms with Gasteiger partial charge in [0.15, 0.2) is 0 Å². The standard InChI is InChI=1S/C16H14ClN5O3S/c1-8-6-18-11(10-5-13(17)19-7-12(10)24-2)4-9(8)14(23)20-15-21-22-16(25-3)26-15/h4-7H,1-3H3,(H,20,21,23). The zero-order valence-corrected chi connectivity index (χ0v) is 15.7. The fraction of sp³-hybridized carbons (Fsp3) is 0.188. The van der Waals surface area contributed by atoms with Crippen LogP contribution in [-0.2, 0) is 0 Å². The lowest BCUT2D eigenvalue weighted by molar-refractivity contribution is 0.102. The number of carbonyl (C=O) groups is 1. The van der Waals surface area contributed by atoms with Crippen molar-refractivity contribution >= 4 is 34.0 Å². The molecule has 134 valence electrons. The van der Waals surface area contributed by atoms with Gasteiger partial charge >= 0.3 is 0 Å². The summed E-state index contributed by atoms with van der Waals surface area (Å²) in [5.41, 5.74) is 2.33. The van der Waals surface area contributed by atoms with E-state index in [-0.39, 0.29) is 5.91 Å². The number of nitrogens with one attached hydrogen (secondary N) is 1. The minimum atomic E-state index is -0.330. The van der Waals surface area contributed by atoms with E-state index in [0.717, 1.165) is 11.3 Å². The Morgan fingerprint density at radius 3 is 2.65 bits per heavy atom. The highest BCUT2D eigenvalue weighted by Gasteiger charge is 2.16. The first-order valence-corrected chi connectivity index (χ1v) is 8.56. The molecule has 0 aliphatic carbocycles. The van der Waals surface area contributed by atoms with Crippen LogP contribution >= 0.6 is 22.9 Å². The van der Waals surface area contributed by atoms with Gasteiger partial charge in [-0.25, -0.2) is 4.98 Å². The fourth-order valence-corrected chi connectivity index (χ4v) is 2.92. The van der Waals surface area contributed by atoms with Crippen molar-refractivity contribution in [2.75, 3.05) is 19.5 Å². The lowest BCUT2D eigenvalue weighted by Gasteiger charge is -2.11. The monoisotopic (exact) mass is 391 g/mol. The third kappa shape index (κ3) is 3.73. The van der Waals surface area contributed by atoms with Crippen LogP contribution in [-0.4, -0.2) is 40.3 Å². The highest BCUT2D eigenvalue weighted by Crippen LogP contribution is 2.31. The average Bonchev–Trinajstić information content (AvgIpc) is 3.09. The molecule has 0 aliphatic heterocycles. The number of methoxy groups -OCH3 is 2. The normalized spacial score (nSPS) is 10.5. The summed E-state index contributed by atoms with van der Waals surface area (Å²) in [6.45, 7) is 1.79. The molecule has 0 unspecified atom stereocenters. The number of halogens is 1. The molecule has 3 aromatic heterocycles. The molecule has 3 rings (SSSR count). The van der Waals surface area contributed by atoms with Gasteiger partial charge in [0, 0.05) is 17.3 Å². The second-order valence-corrected chi connectivity index (χ2v) is 6.45. The van der Waals surface area contributed by atoms with Crippen LogP contribution in [0.5, 0.6) is 10.9 Å². The number of hydrogen-bond acceptors (Lipinski definition) is 8. The van der Waals surface area contributed by atoms with Crippen molar-refractivity contribution in [3.8, 4) is 22.2 Å². The quantitative estimate of drug-likeness (QED) is 0.666. The molecule has 0 radical (unpaired) electrons. The number of pyridine rings is 2. The van der Waals surface area contributed by atoms with E-state index < -0.39 is 0 Å². The van der Waals surface area contributed by atoms with E-state index in [0.29, 0.717) is 43.6 Å². The Bertz CT molecular complexity index is 963. The topological polar surface area (TPSA) is 99.1 Å². The maximum atomic E-state index is 12.6. The lowest BCUT2D eigenvalue weighted by atomic mass is 10.1. The smallest absolute Gasteiger partial charge is 0.295 e. The number of ether oxygens (including phenoxy) is 2. The number of aryl methyl sites for hydroxylation is 1. The van der Waals surface area contributed by atoms with Gasteiger partial charge in [0.1, 0.15) is 10.9 Å². The van der Waals surface area contributed by atoms with Crippen molar-refractivity contribution in [1.29, 1.82) is 0 Å². The van der Waals surface area contributed by atoms with Crippen LogP contribution in [0.15, 0.2) is 24.5 Å². The maximum absolute atomic E-state index is 12.6. The van der Waals surface area contributed by atoms with Crippen LogP contribution in [0, 0.1) is 6.92 Å². The highest BCUT2D eigenvalue weighted by atomic mass is 35.5. The van der Waals surface area contributed by atoms with Crippen LogP contribution in [0.2, 0.25) is 5.15 Å². The summed E-state index contributed by atoms with van der Waals surface area (Å²) in [7, 11) is 3.01. The summed E-state index contributed by atoms with van der Waals surface area (Å²) in [5, 5.41) is 11.3. The molecule has 8 nitrogen and oxygen atoms in total. The van der Waals surface area contributed by atoms with Crippen molar-refractivity contribution < 1.29 is 14.3 Å². The summed E-state index contributed by atoms with van der Waals surface area (Å²) in [5.74, 6) is 0.176. The number of anilines is 1. The lowest BCUT2D eigenvalue weighted by Crippen LogP contribution is -2.14. The number of rotatable bonds is 5. The van der Waals surface area contributed by atoms with Crippen LogP contribution < -0.4 is 14.8 Å². The molecule has 0 saturated heterocycles. The molecular formula is C16H14ClN5O3S. The molecule has 26 heavy (non-hydrogen) atoms. The number of aromatic nitrogens is 4. The van der Waals surface area contributed by atoms with E-state index in [9.17, 15) is 4.79 Å². The maximum Gasteiger partial charge on any atom is 0.295 e. The second-order valence-electron chi connectivity index (χ2n) is 5.12.